The number of amides is 1. The van der Waals surface area contributed by atoms with Crippen molar-refractivity contribution in [3.05, 3.63) is 47.5 Å². The second-order valence-corrected chi connectivity index (χ2v) is 13.5. The summed E-state index contributed by atoms with van der Waals surface area (Å²) >= 11 is 0. The molecule has 1 atom stereocenters. The van der Waals surface area contributed by atoms with Gasteiger partial charge in [0.05, 0.1) is 18.8 Å². The second kappa shape index (κ2) is 11.9. The molecule has 226 valence electrons. The van der Waals surface area contributed by atoms with Gasteiger partial charge in [0.2, 0.25) is 0 Å². The number of fused-ring (bicyclic) bond motifs is 4. The number of benzene rings is 2. The van der Waals surface area contributed by atoms with Crippen LogP contribution in [0.4, 0.5) is 0 Å². The fraction of sp³-hybridized carbons (Fsp3) is 0.516. The van der Waals surface area contributed by atoms with E-state index in [0.29, 0.717) is 43.5 Å². The Morgan fingerprint density at radius 1 is 1.02 bits per heavy atom. The van der Waals surface area contributed by atoms with Gasteiger partial charge in [-0.25, -0.2) is 4.72 Å². The highest BCUT2D eigenvalue weighted by Crippen LogP contribution is 2.49. The molecule has 4 bridgehead atoms. The van der Waals surface area contributed by atoms with Gasteiger partial charge in [0.25, 0.3) is 5.91 Å². The predicted molar refractivity (Wildman–Crippen MR) is 164 cm³/mol. The molecule has 10 nitrogen and oxygen atoms in total. The SMILES string of the molecule is COc1cccc2c1OCC1Cn3c-2c(C2CCCCC2)c2ccc(cc23)C(=O)NS(=O)(=O)N(C)CCNCCN1C. The highest BCUT2D eigenvalue weighted by Gasteiger charge is 2.33. The summed E-state index contributed by atoms with van der Waals surface area (Å²) in [6.07, 6.45) is 5.82. The third-order valence-corrected chi connectivity index (χ3v) is 10.6. The minimum absolute atomic E-state index is 0.0480. The lowest BCUT2D eigenvalue weighted by atomic mass is 9.81. The average Bonchev–Trinajstić information content (AvgIpc) is 3.29. The molecule has 3 heterocycles. The molecule has 1 unspecified atom stereocenters. The lowest BCUT2D eigenvalue weighted by Gasteiger charge is -2.33. The van der Waals surface area contributed by atoms with Crippen LogP contribution in [0.15, 0.2) is 36.4 Å². The Balaban J connectivity index is 1.61. The molecule has 1 saturated carbocycles. The zero-order chi connectivity index (χ0) is 29.4. The number of nitrogens with one attached hydrogen (secondary N) is 2. The molecule has 1 aromatic heterocycles. The van der Waals surface area contributed by atoms with Crippen LogP contribution in [0.1, 0.15) is 53.9 Å². The Labute approximate surface area is 248 Å². The number of methoxy groups -OCH3 is 1. The number of ether oxygens (including phenoxy) is 2. The van der Waals surface area contributed by atoms with Crippen LogP contribution in [0.3, 0.4) is 0 Å². The Kier molecular flexibility index (Phi) is 8.19. The standard InChI is InChI=1S/C31H41N5O5S/c1-34-16-14-32-15-17-35(2)42(38,39)33-31(37)22-12-13-24-26(18-22)36-19-23(34)20-41-30-25(10-7-11-27(30)40-3)29(36)28(24)21-8-5-4-6-9-21/h7,10-13,18,21,23,32H,4-6,8-9,14-17,19-20H2,1-3H3,(H,33,37). The predicted octanol–water partition coefficient (Wildman–Crippen LogP) is 3.57. The monoisotopic (exact) mass is 595 g/mol. The Hall–Kier alpha value is -3.12. The first-order valence-corrected chi connectivity index (χ1v) is 16.4. The molecule has 0 saturated heterocycles. The molecular weight excluding hydrogens is 554 g/mol. The number of hydrogen-bond donors (Lipinski definition) is 2. The highest BCUT2D eigenvalue weighted by atomic mass is 32.2. The van der Waals surface area contributed by atoms with E-state index in [4.69, 9.17) is 9.47 Å². The Morgan fingerprint density at radius 2 is 1.81 bits per heavy atom. The van der Waals surface area contributed by atoms with Crippen molar-refractivity contribution in [3.63, 3.8) is 0 Å². The molecule has 3 aliphatic rings. The Bertz CT molecular complexity index is 1580. The molecule has 2 N–H and O–H groups in total. The number of para-hydroxylation sites is 1. The van der Waals surface area contributed by atoms with E-state index in [-0.39, 0.29) is 12.6 Å². The van der Waals surface area contributed by atoms with Crippen LogP contribution in [-0.2, 0) is 16.8 Å². The van der Waals surface area contributed by atoms with Crippen molar-refractivity contribution in [3.8, 4) is 22.8 Å². The molecule has 1 fully saturated rings. The molecule has 2 aliphatic heterocycles. The Morgan fingerprint density at radius 3 is 2.60 bits per heavy atom. The zero-order valence-corrected chi connectivity index (χ0v) is 25.5. The van der Waals surface area contributed by atoms with E-state index in [1.165, 1.54) is 36.2 Å². The van der Waals surface area contributed by atoms with Gasteiger partial charge in [-0.15, -0.1) is 0 Å². The third kappa shape index (κ3) is 5.39. The fourth-order valence-corrected chi connectivity index (χ4v) is 7.54. The summed E-state index contributed by atoms with van der Waals surface area (Å²) in [5, 5.41) is 4.45. The van der Waals surface area contributed by atoms with E-state index in [1.807, 2.05) is 24.3 Å². The molecular formula is C31H41N5O5S. The summed E-state index contributed by atoms with van der Waals surface area (Å²) in [7, 11) is 1.27. The number of hydrogen-bond acceptors (Lipinski definition) is 7. The quantitative estimate of drug-likeness (QED) is 0.467. The molecule has 1 amide bonds. The lowest BCUT2D eigenvalue weighted by Crippen LogP contribution is -2.46. The normalized spacial score (nSPS) is 22.7. The maximum Gasteiger partial charge on any atom is 0.303 e. The van der Waals surface area contributed by atoms with E-state index in [2.05, 4.69) is 32.6 Å². The molecule has 3 aromatic rings. The van der Waals surface area contributed by atoms with E-state index in [0.717, 1.165) is 47.3 Å². The summed E-state index contributed by atoms with van der Waals surface area (Å²) < 4.78 is 44.1. The highest BCUT2D eigenvalue weighted by molar-refractivity contribution is 7.87. The molecule has 11 heteroatoms. The van der Waals surface area contributed by atoms with E-state index < -0.39 is 16.1 Å². The molecule has 42 heavy (non-hydrogen) atoms. The number of aromatic nitrogens is 1. The van der Waals surface area contributed by atoms with Crippen LogP contribution in [0.25, 0.3) is 22.2 Å². The van der Waals surface area contributed by atoms with Gasteiger partial charge >= 0.3 is 10.2 Å². The van der Waals surface area contributed by atoms with Crippen molar-refractivity contribution in [1.29, 1.82) is 0 Å². The fourth-order valence-electron chi connectivity index (χ4n) is 6.70. The number of carbonyl (C=O) groups excluding carboxylic acids is 1. The van der Waals surface area contributed by atoms with E-state index in [1.54, 1.807) is 13.2 Å². The molecule has 1 aliphatic carbocycles. The van der Waals surface area contributed by atoms with Crippen LogP contribution >= 0.6 is 0 Å². The van der Waals surface area contributed by atoms with Gasteiger partial charge in [-0.05, 0) is 55.6 Å². The number of rotatable bonds is 2. The van der Waals surface area contributed by atoms with Crippen molar-refractivity contribution in [2.24, 2.45) is 0 Å². The van der Waals surface area contributed by atoms with Gasteiger partial charge in [0, 0.05) is 61.8 Å². The second-order valence-electron chi connectivity index (χ2n) is 11.7. The van der Waals surface area contributed by atoms with Crippen molar-refractivity contribution < 1.29 is 22.7 Å². The largest absolute Gasteiger partial charge is 0.493 e. The van der Waals surface area contributed by atoms with Gasteiger partial charge in [0.1, 0.15) is 6.61 Å². The number of carbonyl (C=O) groups is 1. The molecule has 6 rings (SSSR count). The molecule has 0 radical (unpaired) electrons. The molecule has 0 spiro atoms. The van der Waals surface area contributed by atoms with Crippen molar-refractivity contribution >= 4 is 27.0 Å². The summed E-state index contributed by atoms with van der Waals surface area (Å²) in [6, 6.07) is 11.7. The van der Waals surface area contributed by atoms with Crippen LogP contribution in [0, 0.1) is 0 Å². The molecule has 2 aromatic carbocycles. The van der Waals surface area contributed by atoms with Crippen molar-refractivity contribution in [1.82, 2.24) is 23.8 Å². The minimum Gasteiger partial charge on any atom is -0.493 e. The summed E-state index contributed by atoms with van der Waals surface area (Å²) in [5.41, 5.74) is 4.62. The van der Waals surface area contributed by atoms with Crippen LogP contribution in [0.2, 0.25) is 0 Å². The summed E-state index contributed by atoms with van der Waals surface area (Å²) in [5.74, 6) is 1.17. The van der Waals surface area contributed by atoms with Gasteiger partial charge in [-0.1, -0.05) is 31.4 Å². The van der Waals surface area contributed by atoms with Crippen molar-refractivity contribution in [2.75, 3.05) is 54.0 Å². The first-order chi connectivity index (χ1) is 20.3. The van der Waals surface area contributed by atoms with Gasteiger partial charge in [-0.3, -0.25) is 9.69 Å². The average molecular weight is 596 g/mol. The summed E-state index contributed by atoms with van der Waals surface area (Å²) in [6.45, 7) is 3.29. The van der Waals surface area contributed by atoms with Crippen LogP contribution in [-0.4, -0.2) is 88.1 Å². The number of nitrogens with zero attached hydrogens (tertiary/aromatic N) is 3. The van der Waals surface area contributed by atoms with Gasteiger partial charge in [-0.2, -0.15) is 12.7 Å². The first kappa shape index (κ1) is 29.0. The van der Waals surface area contributed by atoms with E-state index >= 15 is 0 Å². The van der Waals surface area contributed by atoms with Gasteiger partial charge < -0.3 is 19.4 Å². The van der Waals surface area contributed by atoms with Gasteiger partial charge in [0.15, 0.2) is 11.5 Å². The smallest absolute Gasteiger partial charge is 0.303 e. The van der Waals surface area contributed by atoms with Crippen molar-refractivity contribution in [2.45, 2.75) is 50.6 Å². The van der Waals surface area contributed by atoms with E-state index in [9.17, 15) is 13.2 Å². The number of likely N-dealkylation sites (N-methyl/N-ethyl adjacent to an activating group) is 2. The lowest BCUT2D eigenvalue weighted by molar-refractivity contribution is 0.0979. The maximum atomic E-state index is 13.4. The zero-order valence-electron chi connectivity index (χ0n) is 24.7. The topological polar surface area (TPSA) is 105 Å². The van der Waals surface area contributed by atoms with Crippen LogP contribution < -0.4 is 19.5 Å². The maximum absolute atomic E-state index is 13.4. The third-order valence-electron chi connectivity index (χ3n) is 9.15. The summed E-state index contributed by atoms with van der Waals surface area (Å²) in [4.78, 5) is 15.7. The first-order valence-electron chi connectivity index (χ1n) is 14.9. The van der Waals surface area contributed by atoms with Crippen LogP contribution in [0.5, 0.6) is 11.5 Å². The minimum atomic E-state index is -3.99.